The highest BCUT2D eigenvalue weighted by Crippen LogP contribution is 2.39. The van der Waals surface area contributed by atoms with Crippen molar-refractivity contribution in [1.82, 2.24) is 19.5 Å². The molecule has 5 rings (SSSR count). The fraction of sp³-hybridized carbons (Fsp3) is 0.400. The number of carbonyl (C=O) groups excluding carboxylic acids is 1. The predicted octanol–water partition coefficient (Wildman–Crippen LogP) is 1.51. The lowest BCUT2D eigenvalue weighted by molar-refractivity contribution is -0.118. The maximum absolute atomic E-state index is 13.2. The van der Waals surface area contributed by atoms with E-state index in [4.69, 9.17) is 4.74 Å². The summed E-state index contributed by atoms with van der Waals surface area (Å²) in [5.41, 5.74) is 0.759. The number of hydrogen-bond acceptors (Lipinski definition) is 8. The molecule has 11 nitrogen and oxygen atoms in total. The molecule has 38 heavy (non-hydrogen) atoms. The number of alkyl halides is 2. The molecule has 2 aliphatic heterocycles. The number of benzene rings is 1. The molecule has 0 bridgehead atoms. The summed E-state index contributed by atoms with van der Waals surface area (Å²) in [5, 5.41) is 0. The second-order valence-corrected chi connectivity index (χ2v) is 8.76. The number of carbonyl (C=O) groups is 1. The number of halogens is 2. The molecular formula is C25H28F2N6O5. The lowest BCUT2D eigenvalue weighted by Crippen LogP contribution is -2.40. The summed E-state index contributed by atoms with van der Waals surface area (Å²) in [7, 11) is 1.58. The van der Waals surface area contributed by atoms with Crippen LogP contribution in [0.5, 0.6) is 5.75 Å². The lowest BCUT2D eigenvalue weighted by atomic mass is 10.1. The summed E-state index contributed by atoms with van der Waals surface area (Å²) >= 11 is 0. The van der Waals surface area contributed by atoms with Crippen molar-refractivity contribution in [2.45, 2.75) is 32.4 Å². The summed E-state index contributed by atoms with van der Waals surface area (Å²) in [6, 6.07) is 7.36. The van der Waals surface area contributed by atoms with Gasteiger partial charge in [0.1, 0.15) is 17.4 Å². The highest BCUT2D eigenvalue weighted by atomic mass is 19.3. The molecule has 2 aromatic heterocycles. The van der Waals surface area contributed by atoms with Gasteiger partial charge in [-0.15, -0.1) is 0 Å². The van der Waals surface area contributed by atoms with Crippen LogP contribution in [0.4, 0.5) is 20.3 Å². The minimum atomic E-state index is -2.94. The van der Waals surface area contributed by atoms with Crippen LogP contribution in [0.2, 0.25) is 0 Å². The minimum Gasteiger partial charge on any atom is -0.434 e. The number of nitrogens with one attached hydrogen (secondary N) is 1. The molecule has 0 unspecified atom stereocenters. The first kappa shape index (κ1) is 26.9. The maximum Gasteiger partial charge on any atom is 0.387 e. The van der Waals surface area contributed by atoms with Crippen molar-refractivity contribution < 1.29 is 23.0 Å². The van der Waals surface area contributed by atoms with Crippen LogP contribution in [0.3, 0.4) is 0 Å². The number of rotatable bonds is 5. The monoisotopic (exact) mass is 530 g/mol. The van der Waals surface area contributed by atoms with Gasteiger partial charge >= 0.3 is 6.61 Å². The largest absolute Gasteiger partial charge is 0.434 e. The Morgan fingerprint density at radius 1 is 1.24 bits per heavy atom. The first-order valence-electron chi connectivity index (χ1n) is 12.0. The van der Waals surface area contributed by atoms with Crippen molar-refractivity contribution in [1.29, 1.82) is 0 Å². The molecule has 1 N–H and O–H groups in total. The highest BCUT2D eigenvalue weighted by molar-refractivity contribution is 5.97. The van der Waals surface area contributed by atoms with E-state index in [-0.39, 0.29) is 35.2 Å². The summed E-state index contributed by atoms with van der Waals surface area (Å²) < 4.78 is 36.8. The van der Waals surface area contributed by atoms with Gasteiger partial charge in [-0.05, 0) is 25.5 Å². The van der Waals surface area contributed by atoms with Gasteiger partial charge in [0, 0.05) is 50.1 Å². The van der Waals surface area contributed by atoms with Gasteiger partial charge in [-0.3, -0.25) is 19.0 Å². The van der Waals surface area contributed by atoms with Crippen molar-refractivity contribution in [3.8, 4) is 5.75 Å². The van der Waals surface area contributed by atoms with Crippen LogP contribution in [0.25, 0.3) is 0 Å². The van der Waals surface area contributed by atoms with Gasteiger partial charge in [0.25, 0.3) is 11.1 Å². The van der Waals surface area contributed by atoms with Crippen LogP contribution >= 0.6 is 0 Å². The molecule has 3 aromatic rings. The Bertz CT molecular complexity index is 1370. The third kappa shape index (κ3) is 6.22. The molecule has 1 fully saturated rings. The Morgan fingerprint density at radius 2 is 2.00 bits per heavy atom. The van der Waals surface area contributed by atoms with Crippen molar-refractivity contribution in [3.05, 3.63) is 75.0 Å². The second-order valence-electron chi connectivity index (χ2n) is 8.76. The quantitative estimate of drug-likeness (QED) is 0.527. The van der Waals surface area contributed by atoms with Crippen molar-refractivity contribution in [2.75, 3.05) is 36.1 Å². The van der Waals surface area contributed by atoms with E-state index >= 15 is 0 Å². The maximum atomic E-state index is 13.2. The van der Waals surface area contributed by atoms with Crippen molar-refractivity contribution in [3.63, 3.8) is 0 Å². The number of anilines is 2. The van der Waals surface area contributed by atoms with Crippen LogP contribution < -0.4 is 25.7 Å². The molecule has 1 amide bonds. The van der Waals surface area contributed by atoms with Gasteiger partial charge in [0.2, 0.25) is 5.91 Å². The zero-order chi connectivity index (χ0) is 27.2. The zero-order valence-corrected chi connectivity index (χ0v) is 21.0. The molecule has 202 valence electrons. The number of nitrogens with zero attached hydrogens (tertiary/aromatic N) is 5. The lowest BCUT2D eigenvalue weighted by Gasteiger charge is -2.28. The molecular weight excluding hydrogens is 502 g/mol. The summed E-state index contributed by atoms with van der Waals surface area (Å²) in [4.78, 5) is 49.9. The molecule has 1 aromatic carbocycles. The van der Waals surface area contributed by atoms with E-state index in [0.717, 1.165) is 0 Å². The summed E-state index contributed by atoms with van der Waals surface area (Å²) in [6.07, 6.45) is 3.11. The van der Waals surface area contributed by atoms with Gasteiger partial charge in [-0.2, -0.15) is 8.78 Å². The van der Waals surface area contributed by atoms with Crippen LogP contribution in [0, 0.1) is 0 Å². The van der Waals surface area contributed by atoms with Gasteiger partial charge in [-0.1, -0.05) is 6.07 Å². The van der Waals surface area contributed by atoms with Gasteiger partial charge in [0.05, 0.1) is 31.6 Å². The average Bonchev–Trinajstić information content (AvgIpc) is 3.24. The van der Waals surface area contributed by atoms with Gasteiger partial charge < -0.3 is 24.3 Å². The molecule has 4 heterocycles. The Morgan fingerprint density at radius 3 is 2.63 bits per heavy atom. The number of H-pyrrole nitrogens is 1. The highest BCUT2D eigenvalue weighted by Gasteiger charge is 2.34. The Kier molecular flexibility index (Phi) is 8.46. The SMILES string of the molecule is C[C@H]1Cc2c(OC(F)F)cccc2N1C(=O)Cc1nc(N2CCOCC2)cc(=O)n1C.O=c1ccnc[nH]1. The van der Waals surface area contributed by atoms with Crippen LogP contribution in [0.1, 0.15) is 18.3 Å². The summed E-state index contributed by atoms with van der Waals surface area (Å²) in [6.45, 7) is 1.26. The fourth-order valence-electron chi connectivity index (χ4n) is 4.41. The zero-order valence-electron chi connectivity index (χ0n) is 21.0. The van der Waals surface area contributed by atoms with Gasteiger partial charge in [-0.25, -0.2) is 9.97 Å². The first-order chi connectivity index (χ1) is 18.2. The molecule has 1 atom stereocenters. The normalized spacial score (nSPS) is 16.6. The Balaban J connectivity index is 0.000000417. The number of fused-ring (bicyclic) bond motifs is 1. The fourth-order valence-corrected chi connectivity index (χ4v) is 4.41. The van der Waals surface area contributed by atoms with Crippen LogP contribution in [0.15, 0.2) is 52.4 Å². The number of ether oxygens (including phenoxy) is 2. The molecule has 0 spiro atoms. The number of hydrogen-bond donors (Lipinski definition) is 1. The number of morpholine rings is 1. The Hall–Kier alpha value is -4.13. The van der Waals surface area contributed by atoms with Crippen molar-refractivity contribution in [2.24, 2.45) is 7.05 Å². The molecule has 2 aliphatic rings. The summed E-state index contributed by atoms with van der Waals surface area (Å²) in [5.74, 6) is 0.688. The van der Waals surface area contributed by atoms with E-state index < -0.39 is 6.61 Å². The van der Waals surface area contributed by atoms with E-state index in [9.17, 15) is 23.2 Å². The van der Waals surface area contributed by atoms with Crippen molar-refractivity contribution >= 4 is 17.4 Å². The molecule has 0 aliphatic carbocycles. The van der Waals surface area contributed by atoms with Crippen LogP contribution in [-0.4, -0.2) is 64.4 Å². The topological polar surface area (TPSA) is 123 Å². The van der Waals surface area contributed by atoms with E-state index in [0.29, 0.717) is 55.6 Å². The standard InChI is InChI=1S/C21H24F2N4O4.C4H4N2O/c1-13-10-14-15(4-3-5-16(14)31-21(22)23)27(13)20(29)11-17-24-18(12-19(28)25(17)2)26-6-8-30-9-7-26;7-4-1-2-5-3-6-4/h3-5,12-13,21H,6-11H2,1-2H3;1-3H,(H,5,6,7)/t13-;/m0./s1. The average molecular weight is 531 g/mol. The molecule has 0 saturated carbocycles. The van der Waals surface area contributed by atoms with E-state index in [1.807, 2.05) is 11.8 Å². The molecule has 1 saturated heterocycles. The number of aromatic amines is 1. The van der Waals surface area contributed by atoms with E-state index in [1.165, 1.54) is 35.3 Å². The molecule has 13 heteroatoms. The Labute approximate surface area is 216 Å². The number of aromatic nitrogens is 4. The minimum absolute atomic E-state index is 0.0782. The molecule has 0 radical (unpaired) electrons. The van der Waals surface area contributed by atoms with Crippen LogP contribution in [-0.2, 0) is 29.4 Å². The van der Waals surface area contributed by atoms with E-state index in [1.54, 1.807) is 24.1 Å². The smallest absolute Gasteiger partial charge is 0.387 e. The van der Waals surface area contributed by atoms with Gasteiger partial charge in [0.15, 0.2) is 0 Å². The third-order valence-electron chi connectivity index (χ3n) is 6.24. The predicted molar refractivity (Wildman–Crippen MR) is 135 cm³/mol. The third-order valence-corrected chi connectivity index (χ3v) is 6.24. The first-order valence-corrected chi connectivity index (χ1v) is 12.0. The second kappa shape index (κ2) is 11.9. The number of amides is 1. The van der Waals surface area contributed by atoms with E-state index in [2.05, 4.69) is 19.7 Å².